The molecule has 0 aliphatic heterocycles. The first-order valence-electron chi connectivity index (χ1n) is 1.79. The SMILES string of the molecule is CC(F)(F)C[C]=O. The topological polar surface area (TPSA) is 17.1 Å². The van der Waals surface area contributed by atoms with Gasteiger partial charge in [-0.15, -0.1) is 0 Å². The summed E-state index contributed by atoms with van der Waals surface area (Å²) in [6, 6.07) is 0. The van der Waals surface area contributed by atoms with Crippen LogP contribution in [-0.4, -0.2) is 12.2 Å². The number of hydrogen-bond acceptors (Lipinski definition) is 1. The highest BCUT2D eigenvalue weighted by Gasteiger charge is 2.19. The van der Waals surface area contributed by atoms with Crippen LogP contribution >= 0.6 is 0 Å². The van der Waals surface area contributed by atoms with Crippen LogP contribution in [0.5, 0.6) is 0 Å². The Morgan fingerprint density at radius 3 is 2.14 bits per heavy atom. The van der Waals surface area contributed by atoms with Crippen molar-refractivity contribution in [3.05, 3.63) is 0 Å². The molecule has 41 valence electrons. The summed E-state index contributed by atoms with van der Waals surface area (Å²) in [5.41, 5.74) is 0. The van der Waals surface area contributed by atoms with Gasteiger partial charge in [0.15, 0.2) is 0 Å². The van der Waals surface area contributed by atoms with Crippen LogP contribution in [0.2, 0.25) is 0 Å². The lowest BCUT2D eigenvalue weighted by Crippen LogP contribution is -2.08. The Morgan fingerprint density at radius 1 is 1.71 bits per heavy atom. The van der Waals surface area contributed by atoms with Gasteiger partial charge >= 0.3 is 0 Å². The van der Waals surface area contributed by atoms with E-state index in [1.807, 2.05) is 0 Å². The summed E-state index contributed by atoms with van der Waals surface area (Å²) in [4.78, 5) is 9.22. The molecule has 1 radical (unpaired) electrons. The lowest BCUT2D eigenvalue weighted by molar-refractivity contribution is 0.0298. The van der Waals surface area contributed by atoms with Crippen LogP contribution < -0.4 is 0 Å². The third-order valence-corrected chi connectivity index (χ3v) is 0.383. The zero-order chi connectivity index (χ0) is 5.91. The van der Waals surface area contributed by atoms with Crippen LogP contribution in [0.15, 0.2) is 0 Å². The van der Waals surface area contributed by atoms with E-state index in [-0.39, 0.29) is 0 Å². The summed E-state index contributed by atoms with van der Waals surface area (Å²) in [5, 5.41) is 0. The summed E-state index contributed by atoms with van der Waals surface area (Å²) >= 11 is 0. The zero-order valence-electron chi connectivity index (χ0n) is 3.87. The van der Waals surface area contributed by atoms with Crippen molar-refractivity contribution in [2.45, 2.75) is 19.3 Å². The normalized spacial score (nSPS) is 11.3. The third-order valence-electron chi connectivity index (χ3n) is 0.383. The highest BCUT2D eigenvalue weighted by molar-refractivity contribution is 5.51. The van der Waals surface area contributed by atoms with Gasteiger partial charge in [-0.2, -0.15) is 0 Å². The van der Waals surface area contributed by atoms with Gasteiger partial charge in [0.2, 0.25) is 6.29 Å². The Kier molecular flexibility index (Phi) is 1.87. The first-order chi connectivity index (χ1) is 3.06. The van der Waals surface area contributed by atoms with Gasteiger partial charge in [0, 0.05) is 0 Å². The van der Waals surface area contributed by atoms with Crippen molar-refractivity contribution >= 4 is 6.29 Å². The van der Waals surface area contributed by atoms with Gasteiger partial charge in [-0.25, -0.2) is 8.78 Å². The average molecular weight is 107 g/mol. The fourth-order valence-corrected chi connectivity index (χ4v) is 0.127. The van der Waals surface area contributed by atoms with Gasteiger partial charge in [-0.05, 0) is 6.92 Å². The summed E-state index contributed by atoms with van der Waals surface area (Å²) in [6.07, 6.45) is 0.309. The van der Waals surface area contributed by atoms with Crippen molar-refractivity contribution in [1.29, 1.82) is 0 Å². The smallest absolute Gasteiger partial charge is 0.252 e. The van der Waals surface area contributed by atoms with E-state index in [1.165, 1.54) is 0 Å². The van der Waals surface area contributed by atoms with E-state index in [4.69, 9.17) is 0 Å². The van der Waals surface area contributed by atoms with E-state index in [0.29, 0.717) is 6.92 Å². The van der Waals surface area contributed by atoms with Crippen LogP contribution in [0, 0.1) is 0 Å². The minimum absolute atomic E-state index is 0.678. The zero-order valence-corrected chi connectivity index (χ0v) is 3.87. The predicted molar refractivity (Wildman–Crippen MR) is 20.9 cm³/mol. The molecule has 7 heavy (non-hydrogen) atoms. The monoisotopic (exact) mass is 107 g/mol. The van der Waals surface area contributed by atoms with E-state index >= 15 is 0 Å². The van der Waals surface area contributed by atoms with E-state index < -0.39 is 12.3 Å². The molecule has 0 bridgehead atoms. The molecule has 0 unspecified atom stereocenters. The van der Waals surface area contributed by atoms with Crippen molar-refractivity contribution < 1.29 is 13.6 Å². The fraction of sp³-hybridized carbons (Fsp3) is 0.750. The Morgan fingerprint density at radius 2 is 2.14 bits per heavy atom. The number of carbonyl (C=O) groups excluding carboxylic acids is 1. The Balaban J connectivity index is 3.34. The molecule has 0 spiro atoms. The molecule has 0 saturated heterocycles. The fourth-order valence-electron chi connectivity index (χ4n) is 0.127. The summed E-state index contributed by atoms with van der Waals surface area (Å²) < 4.78 is 22.9. The van der Waals surface area contributed by atoms with E-state index in [2.05, 4.69) is 0 Å². The maximum atomic E-state index is 11.5. The molecule has 0 saturated carbocycles. The molecule has 0 heterocycles. The molecule has 0 aromatic rings. The van der Waals surface area contributed by atoms with Gasteiger partial charge in [-0.3, -0.25) is 4.79 Å². The average Bonchev–Trinajstić information content (AvgIpc) is 1.30. The van der Waals surface area contributed by atoms with Crippen LogP contribution in [-0.2, 0) is 4.79 Å². The maximum Gasteiger partial charge on any atom is 0.252 e. The molecule has 0 N–H and O–H groups in total. The minimum atomic E-state index is -2.87. The summed E-state index contributed by atoms with van der Waals surface area (Å²) in [5.74, 6) is -2.87. The molecule has 0 aromatic heterocycles. The summed E-state index contributed by atoms with van der Waals surface area (Å²) in [7, 11) is 0. The Bertz CT molecular complexity index is 64.6. The number of hydrogen-bond donors (Lipinski definition) is 0. The highest BCUT2D eigenvalue weighted by Crippen LogP contribution is 2.13. The molecule has 0 atom stereocenters. The number of rotatable bonds is 2. The highest BCUT2D eigenvalue weighted by atomic mass is 19.3. The van der Waals surface area contributed by atoms with Crippen LogP contribution in [0.25, 0.3) is 0 Å². The van der Waals surface area contributed by atoms with E-state index in [1.54, 1.807) is 0 Å². The first kappa shape index (κ1) is 6.53. The predicted octanol–water partition coefficient (Wildman–Crippen LogP) is 1.14. The van der Waals surface area contributed by atoms with Crippen molar-refractivity contribution in [2.75, 3.05) is 0 Å². The Labute approximate surface area is 40.3 Å². The second-order valence-electron chi connectivity index (χ2n) is 1.39. The lowest BCUT2D eigenvalue weighted by Gasteiger charge is -2.00. The first-order valence-corrected chi connectivity index (χ1v) is 1.79. The molecule has 0 rings (SSSR count). The molecule has 3 heteroatoms. The molecule has 0 aliphatic carbocycles. The lowest BCUT2D eigenvalue weighted by atomic mass is 10.3. The van der Waals surface area contributed by atoms with E-state index in [0.717, 1.165) is 6.29 Å². The van der Waals surface area contributed by atoms with Gasteiger partial charge in [0.05, 0.1) is 6.42 Å². The van der Waals surface area contributed by atoms with Crippen LogP contribution in [0.3, 0.4) is 0 Å². The van der Waals surface area contributed by atoms with Gasteiger partial charge in [0.1, 0.15) is 0 Å². The molecule has 0 fully saturated rings. The van der Waals surface area contributed by atoms with Crippen molar-refractivity contribution in [3.63, 3.8) is 0 Å². The second kappa shape index (κ2) is 2.00. The van der Waals surface area contributed by atoms with Gasteiger partial charge < -0.3 is 0 Å². The van der Waals surface area contributed by atoms with Crippen molar-refractivity contribution in [1.82, 2.24) is 0 Å². The minimum Gasteiger partial charge on any atom is -0.291 e. The van der Waals surface area contributed by atoms with Gasteiger partial charge in [0.25, 0.3) is 5.92 Å². The summed E-state index contributed by atoms with van der Waals surface area (Å²) in [6.45, 7) is 0.678. The molecule has 0 aliphatic rings. The standard InChI is InChI=1S/C4H5F2O/c1-4(5,6)2-3-7/h2H2,1H3. The molecule has 0 amide bonds. The molecule has 0 aromatic carbocycles. The Hall–Kier alpha value is -0.470. The van der Waals surface area contributed by atoms with Crippen molar-refractivity contribution in [2.24, 2.45) is 0 Å². The quantitative estimate of drug-likeness (QED) is 0.517. The molecular weight excluding hydrogens is 102 g/mol. The van der Waals surface area contributed by atoms with Gasteiger partial charge in [-0.1, -0.05) is 0 Å². The van der Waals surface area contributed by atoms with Crippen LogP contribution in [0.1, 0.15) is 13.3 Å². The van der Waals surface area contributed by atoms with Crippen LogP contribution in [0.4, 0.5) is 8.78 Å². The number of halogens is 2. The molecule has 1 nitrogen and oxygen atoms in total. The number of alkyl halides is 2. The van der Waals surface area contributed by atoms with Crippen molar-refractivity contribution in [3.8, 4) is 0 Å². The maximum absolute atomic E-state index is 11.5. The van der Waals surface area contributed by atoms with E-state index in [9.17, 15) is 13.6 Å². The second-order valence-corrected chi connectivity index (χ2v) is 1.39. The third kappa shape index (κ3) is 5.53. The largest absolute Gasteiger partial charge is 0.291 e. The molecular formula is C4H5F2O.